The molecule has 1 aromatic carbocycles. The minimum Gasteiger partial charge on any atom is -0.334 e. The van der Waals surface area contributed by atoms with Crippen LogP contribution in [-0.2, 0) is 0 Å². The summed E-state index contributed by atoms with van der Waals surface area (Å²) in [6.07, 6.45) is 3.48. The second-order valence-electron chi connectivity index (χ2n) is 3.83. The molecule has 0 atom stereocenters. The summed E-state index contributed by atoms with van der Waals surface area (Å²) in [5.41, 5.74) is 1.39. The predicted molar refractivity (Wildman–Crippen MR) is 74.9 cm³/mol. The average molecular weight is 276 g/mol. The Morgan fingerprint density at radius 3 is 2.84 bits per heavy atom. The molecule has 7 heteroatoms. The first-order valence-electron chi connectivity index (χ1n) is 5.49. The highest BCUT2D eigenvalue weighted by Crippen LogP contribution is 2.28. The lowest BCUT2D eigenvalue weighted by Gasteiger charge is -2.07. The van der Waals surface area contributed by atoms with Gasteiger partial charge in [-0.2, -0.15) is 0 Å². The lowest BCUT2D eigenvalue weighted by molar-refractivity contribution is -0.383. The zero-order valence-electron chi connectivity index (χ0n) is 10.5. The van der Waals surface area contributed by atoms with E-state index < -0.39 is 4.92 Å². The number of nitro groups is 1. The van der Waals surface area contributed by atoms with Crippen molar-refractivity contribution in [1.29, 1.82) is 0 Å². The van der Waals surface area contributed by atoms with Crippen LogP contribution in [0.25, 0.3) is 0 Å². The van der Waals surface area contributed by atoms with E-state index in [0.29, 0.717) is 16.7 Å². The molecule has 1 heterocycles. The van der Waals surface area contributed by atoms with Crippen LogP contribution in [0.5, 0.6) is 0 Å². The molecule has 0 radical (unpaired) electrons. The molecule has 1 N–H and O–H groups in total. The van der Waals surface area contributed by atoms with Crippen LogP contribution < -0.4 is 5.32 Å². The zero-order valence-corrected chi connectivity index (χ0v) is 11.3. The molecule has 2 rings (SSSR count). The van der Waals surface area contributed by atoms with Crippen molar-refractivity contribution in [3.05, 3.63) is 46.1 Å². The van der Waals surface area contributed by atoms with Crippen LogP contribution in [0, 0.1) is 17.0 Å². The van der Waals surface area contributed by atoms with Gasteiger partial charge in [-0.15, -0.1) is 0 Å². The molecule has 98 valence electrons. The fourth-order valence-corrected chi connectivity index (χ4v) is 1.91. The summed E-state index contributed by atoms with van der Waals surface area (Å²) in [5.74, 6) is 0.535. The Morgan fingerprint density at radius 2 is 2.16 bits per heavy atom. The first-order chi connectivity index (χ1) is 9.10. The molecule has 2 aromatic rings. The monoisotopic (exact) mass is 276 g/mol. The summed E-state index contributed by atoms with van der Waals surface area (Å²) in [5, 5.41) is 14.5. The van der Waals surface area contributed by atoms with Crippen LogP contribution in [0.3, 0.4) is 0 Å². The highest BCUT2D eigenvalue weighted by atomic mass is 32.2. The summed E-state index contributed by atoms with van der Waals surface area (Å²) in [6, 6.07) is 6.58. The Morgan fingerprint density at radius 1 is 1.37 bits per heavy atom. The molecule has 0 spiro atoms. The van der Waals surface area contributed by atoms with Gasteiger partial charge in [-0.05, 0) is 30.9 Å². The second kappa shape index (κ2) is 5.66. The predicted octanol–water partition coefficient (Wildman–Crippen LogP) is 3.16. The summed E-state index contributed by atoms with van der Waals surface area (Å²) in [4.78, 5) is 18.8. The maximum Gasteiger partial charge on any atom is 0.292 e. The first kappa shape index (κ1) is 13.3. The van der Waals surface area contributed by atoms with E-state index in [0.717, 1.165) is 5.56 Å². The van der Waals surface area contributed by atoms with Gasteiger partial charge in [0.25, 0.3) is 5.69 Å². The molecule has 0 aliphatic carbocycles. The SMILES string of the molecule is CSc1nccc(Nc2cc(C)ccc2[N+](=O)[O-])n1. The van der Waals surface area contributed by atoms with Gasteiger partial charge in [0.05, 0.1) is 4.92 Å². The van der Waals surface area contributed by atoms with Gasteiger partial charge in [-0.1, -0.05) is 17.8 Å². The number of thioether (sulfide) groups is 1. The van der Waals surface area contributed by atoms with Gasteiger partial charge in [0.15, 0.2) is 5.16 Å². The van der Waals surface area contributed by atoms with Gasteiger partial charge in [-0.3, -0.25) is 10.1 Å². The third-order valence-electron chi connectivity index (χ3n) is 2.43. The summed E-state index contributed by atoms with van der Waals surface area (Å²) in [6.45, 7) is 1.88. The normalized spacial score (nSPS) is 10.2. The molecule has 0 aliphatic rings. The largest absolute Gasteiger partial charge is 0.334 e. The number of hydrogen-bond acceptors (Lipinski definition) is 6. The number of nitrogens with zero attached hydrogens (tertiary/aromatic N) is 3. The van der Waals surface area contributed by atoms with E-state index in [1.807, 2.05) is 13.2 Å². The van der Waals surface area contributed by atoms with Crippen LogP contribution in [0.15, 0.2) is 35.6 Å². The second-order valence-corrected chi connectivity index (χ2v) is 4.60. The van der Waals surface area contributed by atoms with Crippen LogP contribution >= 0.6 is 11.8 Å². The van der Waals surface area contributed by atoms with E-state index in [9.17, 15) is 10.1 Å². The van der Waals surface area contributed by atoms with Crippen LogP contribution in [0.2, 0.25) is 0 Å². The molecule has 0 saturated carbocycles. The van der Waals surface area contributed by atoms with Crippen LogP contribution in [0.4, 0.5) is 17.2 Å². The third-order valence-corrected chi connectivity index (χ3v) is 2.99. The van der Waals surface area contributed by atoms with Gasteiger partial charge in [-0.25, -0.2) is 9.97 Å². The van der Waals surface area contributed by atoms with Crippen molar-refractivity contribution in [3.8, 4) is 0 Å². The highest BCUT2D eigenvalue weighted by Gasteiger charge is 2.14. The molecule has 0 aliphatic heterocycles. The van der Waals surface area contributed by atoms with Crippen molar-refractivity contribution in [1.82, 2.24) is 9.97 Å². The Labute approximate surface area is 114 Å². The molecule has 19 heavy (non-hydrogen) atoms. The maximum atomic E-state index is 11.0. The quantitative estimate of drug-likeness (QED) is 0.400. The van der Waals surface area contributed by atoms with Crippen LogP contribution in [-0.4, -0.2) is 21.1 Å². The first-order valence-corrected chi connectivity index (χ1v) is 6.71. The molecule has 1 aromatic heterocycles. The summed E-state index contributed by atoms with van der Waals surface area (Å²) < 4.78 is 0. The number of anilines is 2. The fraction of sp³-hybridized carbons (Fsp3) is 0.167. The molecule has 0 fully saturated rings. The van der Waals surface area contributed by atoms with Crippen molar-refractivity contribution >= 4 is 29.0 Å². The Hall–Kier alpha value is -2.15. The summed E-state index contributed by atoms with van der Waals surface area (Å²) in [7, 11) is 0. The number of nitro benzene ring substituents is 1. The third kappa shape index (κ3) is 3.19. The zero-order chi connectivity index (χ0) is 13.8. The van der Waals surface area contributed by atoms with E-state index in [1.165, 1.54) is 17.8 Å². The number of aromatic nitrogens is 2. The van der Waals surface area contributed by atoms with E-state index in [2.05, 4.69) is 15.3 Å². The minimum atomic E-state index is -0.418. The number of aryl methyl sites for hydroxylation is 1. The lowest BCUT2D eigenvalue weighted by Crippen LogP contribution is -2.00. The molecule has 0 amide bonds. The Kier molecular flexibility index (Phi) is 3.96. The Balaban J connectivity index is 2.36. The molecular formula is C12H12N4O2S. The lowest BCUT2D eigenvalue weighted by atomic mass is 10.2. The van der Waals surface area contributed by atoms with Gasteiger partial charge >= 0.3 is 0 Å². The number of nitrogens with one attached hydrogen (secondary N) is 1. The van der Waals surface area contributed by atoms with Crippen molar-refractivity contribution in [2.24, 2.45) is 0 Å². The van der Waals surface area contributed by atoms with Gasteiger partial charge in [0.1, 0.15) is 11.5 Å². The number of hydrogen-bond donors (Lipinski definition) is 1. The van der Waals surface area contributed by atoms with E-state index in [-0.39, 0.29) is 5.69 Å². The van der Waals surface area contributed by atoms with Crippen molar-refractivity contribution < 1.29 is 4.92 Å². The standard InChI is InChI=1S/C12H12N4O2S/c1-8-3-4-10(16(17)18)9(7-8)14-11-5-6-13-12(15-11)19-2/h3-7H,1-2H3,(H,13,14,15). The smallest absolute Gasteiger partial charge is 0.292 e. The van der Waals surface area contributed by atoms with E-state index in [1.54, 1.807) is 24.4 Å². The minimum absolute atomic E-state index is 0.0231. The number of rotatable bonds is 4. The highest BCUT2D eigenvalue weighted by molar-refractivity contribution is 7.98. The maximum absolute atomic E-state index is 11.0. The van der Waals surface area contributed by atoms with Gasteiger partial charge in [0.2, 0.25) is 0 Å². The van der Waals surface area contributed by atoms with Crippen molar-refractivity contribution in [2.45, 2.75) is 12.1 Å². The molecule has 0 bridgehead atoms. The molecule has 0 unspecified atom stereocenters. The van der Waals surface area contributed by atoms with Crippen molar-refractivity contribution in [3.63, 3.8) is 0 Å². The Bertz CT molecular complexity index is 618. The number of benzene rings is 1. The average Bonchev–Trinajstić information content (AvgIpc) is 2.38. The summed E-state index contributed by atoms with van der Waals surface area (Å²) >= 11 is 1.41. The molecular weight excluding hydrogens is 264 g/mol. The van der Waals surface area contributed by atoms with Crippen LogP contribution in [0.1, 0.15) is 5.56 Å². The van der Waals surface area contributed by atoms with Gasteiger partial charge < -0.3 is 5.32 Å². The topological polar surface area (TPSA) is 81.0 Å². The fourth-order valence-electron chi connectivity index (χ4n) is 1.56. The molecule has 6 nitrogen and oxygen atoms in total. The molecule has 0 saturated heterocycles. The van der Waals surface area contributed by atoms with Crippen molar-refractivity contribution in [2.75, 3.05) is 11.6 Å². The van der Waals surface area contributed by atoms with E-state index >= 15 is 0 Å². The van der Waals surface area contributed by atoms with E-state index in [4.69, 9.17) is 0 Å². The van der Waals surface area contributed by atoms with Gasteiger partial charge in [0, 0.05) is 12.3 Å².